The molecule has 0 amide bonds. The fraction of sp³-hybridized carbons (Fsp3) is 0.875. The van der Waals surface area contributed by atoms with Crippen molar-refractivity contribution < 1.29 is 0 Å². The van der Waals surface area contributed by atoms with Crippen LogP contribution >= 0.6 is 12.2 Å². The maximum absolute atomic E-state index is 4.53. The van der Waals surface area contributed by atoms with Gasteiger partial charge in [0, 0.05) is 6.04 Å². The van der Waals surface area contributed by atoms with Crippen LogP contribution in [0, 0.1) is 0 Å². The monoisotopic (exact) mass is 170 g/mol. The summed E-state index contributed by atoms with van der Waals surface area (Å²) in [7, 11) is 0. The molecule has 0 saturated carbocycles. The van der Waals surface area contributed by atoms with Gasteiger partial charge in [-0.1, -0.05) is 6.92 Å². The van der Waals surface area contributed by atoms with Gasteiger partial charge < -0.3 is 0 Å². The second kappa shape index (κ2) is 4.60. The second-order valence-electron chi connectivity index (χ2n) is 2.86. The number of thiocarbonyl (C=S) groups is 1. The Bertz CT molecular complexity index is 163. The summed E-state index contributed by atoms with van der Waals surface area (Å²) in [4.78, 5) is 6.43. The lowest BCUT2D eigenvalue weighted by molar-refractivity contribution is 0.273. The van der Waals surface area contributed by atoms with E-state index in [0.29, 0.717) is 6.04 Å². The molecule has 0 aliphatic carbocycles. The molecule has 1 unspecified atom stereocenters. The van der Waals surface area contributed by atoms with Crippen LogP contribution in [-0.2, 0) is 0 Å². The average molecular weight is 170 g/mol. The zero-order chi connectivity index (χ0) is 8.10. The van der Waals surface area contributed by atoms with Gasteiger partial charge in [-0.25, -0.2) is 4.99 Å². The van der Waals surface area contributed by atoms with Crippen LogP contribution in [0.2, 0.25) is 0 Å². The third-order valence-corrected chi connectivity index (χ3v) is 2.40. The molecule has 0 aromatic heterocycles. The van der Waals surface area contributed by atoms with Crippen LogP contribution in [0.4, 0.5) is 0 Å². The predicted molar refractivity (Wildman–Crippen MR) is 50.2 cm³/mol. The SMILES string of the molecule is CCN1CCCC1CN=C=S. The van der Waals surface area contributed by atoms with E-state index in [2.05, 4.69) is 34.2 Å². The number of hydrogen-bond donors (Lipinski definition) is 0. The first kappa shape index (κ1) is 8.85. The molecule has 0 spiro atoms. The van der Waals surface area contributed by atoms with Gasteiger partial charge in [-0.15, -0.1) is 0 Å². The summed E-state index contributed by atoms with van der Waals surface area (Å²) in [6, 6.07) is 0.635. The molecule has 1 aliphatic heterocycles. The highest BCUT2D eigenvalue weighted by Gasteiger charge is 2.21. The molecular weight excluding hydrogens is 156 g/mol. The Kier molecular flexibility index (Phi) is 3.70. The number of aliphatic imine (C=N–C) groups is 1. The van der Waals surface area contributed by atoms with Crippen molar-refractivity contribution in [1.29, 1.82) is 0 Å². The quantitative estimate of drug-likeness (QED) is 0.472. The Morgan fingerprint density at radius 3 is 3.18 bits per heavy atom. The van der Waals surface area contributed by atoms with Crippen LogP contribution in [-0.4, -0.2) is 35.7 Å². The van der Waals surface area contributed by atoms with E-state index in [-0.39, 0.29) is 0 Å². The van der Waals surface area contributed by atoms with Crippen LogP contribution in [0.1, 0.15) is 19.8 Å². The first-order valence-corrected chi connectivity index (χ1v) is 4.57. The first-order chi connectivity index (χ1) is 5.38. The van der Waals surface area contributed by atoms with Crippen LogP contribution in [0.25, 0.3) is 0 Å². The van der Waals surface area contributed by atoms with Crippen LogP contribution in [0.15, 0.2) is 4.99 Å². The van der Waals surface area contributed by atoms with Crippen molar-refractivity contribution >= 4 is 17.4 Å². The number of isothiocyanates is 1. The van der Waals surface area contributed by atoms with Gasteiger partial charge in [0.25, 0.3) is 0 Å². The molecule has 0 bridgehead atoms. The number of hydrogen-bond acceptors (Lipinski definition) is 3. The standard InChI is InChI=1S/C8H14N2S/c1-2-10-5-3-4-8(10)6-9-7-11/h8H,2-6H2,1H3. The highest BCUT2D eigenvalue weighted by molar-refractivity contribution is 7.78. The molecule has 3 heteroatoms. The summed E-state index contributed by atoms with van der Waals surface area (Å²) in [6.07, 6.45) is 2.58. The minimum Gasteiger partial charge on any atom is -0.299 e. The van der Waals surface area contributed by atoms with E-state index in [1.165, 1.54) is 19.4 Å². The van der Waals surface area contributed by atoms with Gasteiger partial charge in [-0.2, -0.15) is 0 Å². The van der Waals surface area contributed by atoms with Crippen molar-refractivity contribution in [3.63, 3.8) is 0 Å². The molecule has 0 aromatic rings. The molecule has 0 N–H and O–H groups in total. The van der Waals surface area contributed by atoms with E-state index in [4.69, 9.17) is 0 Å². The third kappa shape index (κ3) is 2.37. The lowest BCUT2D eigenvalue weighted by Gasteiger charge is -2.19. The Labute approximate surface area is 73.3 Å². The molecule has 2 nitrogen and oxygen atoms in total. The molecule has 62 valence electrons. The molecule has 1 aliphatic rings. The van der Waals surface area contributed by atoms with Gasteiger partial charge in [0.05, 0.1) is 11.7 Å². The van der Waals surface area contributed by atoms with Crippen molar-refractivity contribution in [3.8, 4) is 0 Å². The maximum Gasteiger partial charge on any atom is 0.0648 e. The van der Waals surface area contributed by atoms with Crippen molar-refractivity contribution in [2.45, 2.75) is 25.8 Å². The molecule has 1 heterocycles. The predicted octanol–water partition coefficient (Wildman–Crippen LogP) is 1.57. The largest absolute Gasteiger partial charge is 0.299 e. The fourth-order valence-electron chi connectivity index (χ4n) is 1.66. The number of likely N-dealkylation sites (tertiary alicyclic amines) is 1. The summed E-state index contributed by atoms with van der Waals surface area (Å²) >= 11 is 4.53. The highest BCUT2D eigenvalue weighted by Crippen LogP contribution is 2.16. The van der Waals surface area contributed by atoms with Gasteiger partial charge in [0.2, 0.25) is 0 Å². The third-order valence-electron chi connectivity index (χ3n) is 2.27. The molecule has 1 atom stereocenters. The van der Waals surface area contributed by atoms with Crippen molar-refractivity contribution in [2.24, 2.45) is 4.99 Å². The normalized spacial score (nSPS) is 25.0. The smallest absolute Gasteiger partial charge is 0.0648 e. The summed E-state index contributed by atoms with van der Waals surface area (Å²) in [5.74, 6) is 0. The Balaban J connectivity index is 2.36. The van der Waals surface area contributed by atoms with E-state index in [1.54, 1.807) is 0 Å². The molecule has 11 heavy (non-hydrogen) atoms. The van der Waals surface area contributed by atoms with Crippen molar-refractivity contribution in [3.05, 3.63) is 0 Å². The molecule has 0 radical (unpaired) electrons. The summed E-state index contributed by atoms with van der Waals surface area (Å²) in [5.41, 5.74) is 0. The summed E-state index contributed by atoms with van der Waals surface area (Å²) in [5, 5.41) is 2.42. The topological polar surface area (TPSA) is 15.6 Å². The minimum atomic E-state index is 0.635. The van der Waals surface area contributed by atoms with Crippen molar-refractivity contribution in [2.75, 3.05) is 19.6 Å². The maximum atomic E-state index is 4.53. The van der Waals surface area contributed by atoms with Gasteiger partial charge in [-0.3, -0.25) is 4.90 Å². The van der Waals surface area contributed by atoms with Gasteiger partial charge in [0.1, 0.15) is 0 Å². The number of nitrogens with zero attached hydrogens (tertiary/aromatic N) is 2. The zero-order valence-electron chi connectivity index (χ0n) is 6.92. The van der Waals surface area contributed by atoms with Crippen LogP contribution < -0.4 is 0 Å². The van der Waals surface area contributed by atoms with E-state index in [1.807, 2.05) is 0 Å². The number of rotatable bonds is 3. The van der Waals surface area contributed by atoms with E-state index in [9.17, 15) is 0 Å². The average Bonchev–Trinajstić information content (AvgIpc) is 2.47. The summed E-state index contributed by atoms with van der Waals surface area (Å²) < 4.78 is 0. The molecule has 1 fully saturated rings. The van der Waals surface area contributed by atoms with Crippen LogP contribution in [0.5, 0.6) is 0 Å². The number of likely N-dealkylation sites (N-methyl/N-ethyl adjacent to an activating group) is 1. The van der Waals surface area contributed by atoms with E-state index < -0.39 is 0 Å². The Morgan fingerprint density at radius 1 is 1.73 bits per heavy atom. The van der Waals surface area contributed by atoms with E-state index in [0.717, 1.165) is 13.1 Å². The molecule has 1 rings (SSSR count). The Morgan fingerprint density at radius 2 is 2.55 bits per heavy atom. The first-order valence-electron chi connectivity index (χ1n) is 4.16. The minimum absolute atomic E-state index is 0.635. The van der Waals surface area contributed by atoms with Crippen molar-refractivity contribution in [1.82, 2.24) is 4.90 Å². The molecule has 1 saturated heterocycles. The lowest BCUT2D eigenvalue weighted by atomic mass is 10.2. The molecule has 0 aromatic carbocycles. The zero-order valence-corrected chi connectivity index (χ0v) is 7.73. The fourth-order valence-corrected chi connectivity index (χ4v) is 1.74. The highest BCUT2D eigenvalue weighted by atomic mass is 32.1. The molecular formula is C8H14N2S. The lowest BCUT2D eigenvalue weighted by Crippen LogP contribution is -2.31. The second-order valence-corrected chi connectivity index (χ2v) is 3.04. The van der Waals surface area contributed by atoms with E-state index >= 15 is 0 Å². The summed E-state index contributed by atoms with van der Waals surface area (Å²) in [6.45, 7) is 5.41. The van der Waals surface area contributed by atoms with Gasteiger partial charge in [0.15, 0.2) is 0 Å². The van der Waals surface area contributed by atoms with Gasteiger partial charge >= 0.3 is 0 Å². The van der Waals surface area contributed by atoms with Crippen LogP contribution in [0.3, 0.4) is 0 Å². The van der Waals surface area contributed by atoms with Gasteiger partial charge in [-0.05, 0) is 38.1 Å². The Hall–Kier alpha value is -0.240.